The summed E-state index contributed by atoms with van der Waals surface area (Å²) in [6, 6.07) is 71.2. The van der Waals surface area contributed by atoms with Crippen LogP contribution in [0.3, 0.4) is 0 Å². The van der Waals surface area contributed by atoms with Crippen LogP contribution in [0.25, 0.3) is 60.9 Å². The number of para-hydroxylation sites is 1. The van der Waals surface area contributed by atoms with Crippen LogP contribution in [-0.2, 0) is 5.41 Å². The topological polar surface area (TPSA) is 4.93 Å². The molecule has 8 aromatic carbocycles. The van der Waals surface area contributed by atoms with Crippen molar-refractivity contribution in [3.8, 4) is 39.1 Å². The Morgan fingerprint density at radius 2 is 0.941 bits per heavy atom. The lowest BCUT2D eigenvalue weighted by molar-refractivity contribution is 0.767. The van der Waals surface area contributed by atoms with Gasteiger partial charge in [0, 0.05) is 20.9 Å². The fraction of sp³-hybridized carbons (Fsp3) is 0.0204. The first-order valence-electron chi connectivity index (χ1n) is 17.5. The number of aromatic nitrogens is 1. The summed E-state index contributed by atoms with van der Waals surface area (Å²) in [5.41, 5.74) is 15.6. The number of nitrogens with zero attached hydrogens (tertiary/aromatic N) is 1. The molecule has 2 heteroatoms. The smallest absolute Gasteiger partial charge is 0.0714 e. The van der Waals surface area contributed by atoms with Gasteiger partial charge in [-0.1, -0.05) is 180 Å². The number of rotatable bonds is 5. The van der Waals surface area contributed by atoms with Gasteiger partial charge in [0.15, 0.2) is 0 Å². The quantitative estimate of drug-likeness (QED) is 0.167. The first-order valence-corrected chi connectivity index (χ1v) is 18.3. The number of hydrogen-bond donors (Lipinski definition) is 0. The van der Waals surface area contributed by atoms with Gasteiger partial charge in [0.2, 0.25) is 0 Å². The van der Waals surface area contributed by atoms with Crippen molar-refractivity contribution < 1.29 is 0 Å². The van der Waals surface area contributed by atoms with Crippen LogP contribution in [0.2, 0.25) is 0 Å². The van der Waals surface area contributed by atoms with Gasteiger partial charge in [-0.05, 0) is 86.0 Å². The van der Waals surface area contributed by atoms with E-state index in [0.29, 0.717) is 0 Å². The van der Waals surface area contributed by atoms with Gasteiger partial charge in [-0.2, -0.15) is 0 Å². The largest absolute Gasteiger partial charge is 0.309 e. The van der Waals surface area contributed by atoms with E-state index in [0.717, 1.165) is 10.2 Å². The van der Waals surface area contributed by atoms with E-state index in [4.69, 9.17) is 0 Å². The molecule has 0 N–H and O–H groups in total. The molecule has 240 valence electrons. The standard InChI is InChI=1S/C49H32BrN/c50-46-21-11-8-17-39(46)34-25-23-33(24-26-34)35-27-29-43-42-19-9-12-22-47(42)51(48(43)31-35)38-28-30-41-40-18-7-10-20-44(40)49(45(41)32-38,36-13-3-1-4-14-36)37-15-5-2-6-16-37/h1-32H. The Kier molecular flexibility index (Phi) is 6.94. The number of hydrogen-bond acceptors (Lipinski definition) is 0. The molecule has 0 saturated carbocycles. The summed E-state index contributed by atoms with van der Waals surface area (Å²) in [7, 11) is 0. The normalized spacial score (nSPS) is 13.0. The zero-order valence-corrected chi connectivity index (χ0v) is 29.4. The third-order valence-corrected chi connectivity index (χ3v) is 11.5. The zero-order chi connectivity index (χ0) is 33.9. The van der Waals surface area contributed by atoms with Gasteiger partial charge in [0.05, 0.1) is 16.4 Å². The molecule has 1 aromatic heterocycles. The predicted octanol–water partition coefficient (Wildman–Crippen LogP) is 13.2. The SMILES string of the molecule is Brc1ccccc1-c1ccc(-c2ccc3c4ccccc4n(-c4ccc5c(c4)C(c4ccccc4)(c4ccccc4)c4ccccc4-5)c3c2)cc1. The van der Waals surface area contributed by atoms with E-state index in [1.54, 1.807) is 0 Å². The molecular formula is C49H32BrN. The maximum Gasteiger partial charge on any atom is 0.0714 e. The molecule has 0 fully saturated rings. The summed E-state index contributed by atoms with van der Waals surface area (Å²) >= 11 is 3.73. The lowest BCUT2D eigenvalue weighted by Crippen LogP contribution is -2.28. The molecule has 1 aliphatic carbocycles. The van der Waals surface area contributed by atoms with Gasteiger partial charge in [-0.15, -0.1) is 0 Å². The highest BCUT2D eigenvalue weighted by molar-refractivity contribution is 9.10. The molecule has 0 atom stereocenters. The number of fused-ring (bicyclic) bond motifs is 6. The minimum Gasteiger partial charge on any atom is -0.309 e. The van der Waals surface area contributed by atoms with Crippen molar-refractivity contribution in [2.45, 2.75) is 5.41 Å². The highest BCUT2D eigenvalue weighted by atomic mass is 79.9. The Hall–Kier alpha value is -5.96. The van der Waals surface area contributed by atoms with E-state index in [2.05, 4.69) is 215 Å². The van der Waals surface area contributed by atoms with E-state index in [-0.39, 0.29) is 0 Å². The fourth-order valence-corrected chi connectivity index (χ4v) is 9.05. The van der Waals surface area contributed by atoms with Gasteiger partial charge in [0.25, 0.3) is 0 Å². The van der Waals surface area contributed by atoms with Crippen LogP contribution in [0, 0.1) is 0 Å². The van der Waals surface area contributed by atoms with Gasteiger partial charge in [-0.3, -0.25) is 0 Å². The summed E-state index contributed by atoms with van der Waals surface area (Å²) in [4.78, 5) is 0. The van der Waals surface area contributed by atoms with Crippen molar-refractivity contribution in [1.29, 1.82) is 0 Å². The van der Waals surface area contributed by atoms with Crippen LogP contribution in [0.5, 0.6) is 0 Å². The van der Waals surface area contributed by atoms with E-state index >= 15 is 0 Å². The Labute approximate surface area is 306 Å². The molecule has 0 radical (unpaired) electrons. The van der Waals surface area contributed by atoms with Gasteiger partial charge in [0.1, 0.15) is 0 Å². The first kappa shape index (κ1) is 29.9. The third kappa shape index (κ3) is 4.53. The van der Waals surface area contributed by atoms with Gasteiger partial charge >= 0.3 is 0 Å². The lowest BCUT2D eigenvalue weighted by atomic mass is 9.67. The average molecular weight is 715 g/mol. The Bertz CT molecular complexity index is 2700. The van der Waals surface area contributed by atoms with Crippen molar-refractivity contribution in [3.05, 3.63) is 221 Å². The summed E-state index contributed by atoms with van der Waals surface area (Å²) in [5.74, 6) is 0. The molecule has 51 heavy (non-hydrogen) atoms. The van der Waals surface area contributed by atoms with Crippen molar-refractivity contribution >= 4 is 37.7 Å². The molecule has 1 heterocycles. The zero-order valence-electron chi connectivity index (χ0n) is 27.8. The van der Waals surface area contributed by atoms with E-state index in [1.807, 2.05) is 0 Å². The third-order valence-electron chi connectivity index (χ3n) is 10.8. The molecule has 0 saturated heterocycles. The minimum absolute atomic E-state index is 0.454. The molecule has 0 spiro atoms. The minimum atomic E-state index is -0.454. The second-order valence-electron chi connectivity index (χ2n) is 13.4. The van der Waals surface area contributed by atoms with Crippen molar-refractivity contribution in [2.75, 3.05) is 0 Å². The molecule has 9 aromatic rings. The van der Waals surface area contributed by atoms with E-state index < -0.39 is 5.41 Å². The maximum atomic E-state index is 3.73. The highest BCUT2D eigenvalue weighted by Gasteiger charge is 2.46. The summed E-state index contributed by atoms with van der Waals surface area (Å²) in [6.07, 6.45) is 0. The second kappa shape index (κ2) is 11.8. The Morgan fingerprint density at radius 1 is 0.373 bits per heavy atom. The molecular weight excluding hydrogens is 682 g/mol. The molecule has 1 aliphatic rings. The predicted molar refractivity (Wildman–Crippen MR) is 217 cm³/mol. The first-order chi connectivity index (χ1) is 25.2. The van der Waals surface area contributed by atoms with Crippen LogP contribution >= 0.6 is 15.9 Å². The lowest BCUT2D eigenvalue weighted by Gasteiger charge is -2.34. The highest BCUT2D eigenvalue weighted by Crippen LogP contribution is 2.56. The Balaban J connectivity index is 1.20. The molecule has 0 aliphatic heterocycles. The maximum absolute atomic E-state index is 3.73. The monoisotopic (exact) mass is 713 g/mol. The van der Waals surface area contributed by atoms with Gasteiger partial charge in [-0.25, -0.2) is 0 Å². The summed E-state index contributed by atoms with van der Waals surface area (Å²) < 4.78 is 3.57. The van der Waals surface area contributed by atoms with Crippen molar-refractivity contribution in [3.63, 3.8) is 0 Å². The summed E-state index contributed by atoms with van der Waals surface area (Å²) in [5, 5.41) is 2.50. The van der Waals surface area contributed by atoms with E-state index in [9.17, 15) is 0 Å². The van der Waals surface area contributed by atoms with Crippen LogP contribution in [0.15, 0.2) is 199 Å². The Morgan fingerprint density at radius 3 is 1.69 bits per heavy atom. The van der Waals surface area contributed by atoms with Crippen LogP contribution in [-0.4, -0.2) is 4.57 Å². The number of halogens is 1. The molecule has 0 amide bonds. The van der Waals surface area contributed by atoms with Crippen molar-refractivity contribution in [2.24, 2.45) is 0 Å². The molecule has 0 bridgehead atoms. The average Bonchev–Trinajstić information content (AvgIpc) is 3.69. The number of benzene rings is 8. The summed E-state index contributed by atoms with van der Waals surface area (Å²) in [6.45, 7) is 0. The molecule has 0 unspecified atom stereocenters. The van der Waals surface area contributed by atoms with Crippen LogP contribution in [0.4, 0.5) is 0 Å². The van der Waals surface area contributed by atoms with E-state index in [1.165, 1.54) is 77.4 Å². The molecule has 1 nitrogen and oxygen atoms in total. The fourth-order valence-electron chi connectivity index (χ4n) is 8.54. The van der Waals surface area contributed by atoms with Gasteiger partial charge < -0.3 is 4.57 Å². The van der Waals surface area contributed by atoms with Crippen molar-refractivity contribution in [1.82, 2.24) is 4.57 Å². The second-order valence-corrected chi connectivity index (χ2v) is 14.3. The van der Waals surface area contributed by atoms with Crippen LogP contribution < -0.4 is 0 Å². The van der Waals surface area contributed by atoms with Crippen LogP contribution in [0.1, 0.15) is 22.3 Å². The molecule has 10 rings (SSSR count).